The van der Waals surface area contributed by atoms with E-state index in [1.165, 1.54) is 6.07 Å². The number of benzene rings is 1. The van der Waals surface area contributed by atoms with Crippen LogP contribution in [0.25, 0.3) is 0 Å². The van der Waals surface area contributed by atoms with Crippen molar-refractivity contribution in [1.29, 1.82) is 0 Å². The number of ether oxygens (including phenoxy) is 1. The first-order valence-corrected chi connectivity index (χ1v) is 7.06. The molecule has 1 aromatic carbocycles. The van der Waals surface area contributed by atoms with E-state index in [-0.39, 0.29) is 24.9 Å². The molecule has 0 bridgehead atoms. The van der Waals surface area contributed by atoms with Crippen molar-refractivity contribution in [3.63, 3.8) is 0 Å². The Morgan fingerprint density at radius 3 is 2.61 bits per heavy atom. The van der Waals surface area contributed by atoms with E-state index in [1.807, 2.05) is 6.07 Å². The van der Waals surface area contributed by atoms with E-state index in [2.05, 4.69) is 4.98 Å². The van der Waals surface area contributed by atoms with Crippen LogP contribution in [0.4, 0.5) is 4.39 Å². The highest BCUT2D eigenvalue weighted by Gasteiger charge is 2.42. The quantitative estimate of drug-likeness (QED) is 0.627. The van der Waals surface area contributed by atoms with Gasteiger partial charge < -0.3 is 9.84 Å². The zero-order valence-electron chi connectivity index (χ0n) is 12.5. The molecule has 1 unspecified atom stereocenters. The van der Waals surface area contributed by atoms with Crippen LogP contribution in [0.1, 0.15) is 34.8 Å². The van der Waals surface area contributed by atoms with Crippen molar-refractivity contribution in [3.05, 3.63) is 65.2 Å². The monoisotopic (exact) mass is 317 g/mol. The lowest BCUT2D eigenvalue weighted by atomic mass is 9.88. The van der Waals surface area contributed by atoms with Crippen LogP contribution in [0.15, 0.2) is 42.6 Å². The molecule has 1 aromatic heterocycles. The van der Waals surface area contributed by atoms with Crippen LogP contribution >= 0.6 is 0 Å². The van der Waals surface area contributed by atoms with Gasteiger partial charge in [-0.25, -0.2) is 9.78 Å². The highest BCUT2D eigenvalue weighted by atomic mass is 19.1. The van der Waals surface area contributed by atoms with Gasteiger partial charge >= 0.3 is 5.97 Å². The molecule has 0 fully saturated rings. The number of carboxylic acids is 1. The van der Waals surface area contributed by atoms with Crippen LogP contribution in [0.5, 0.6) is 0 Å². The Morgan fingerprint density at radius 1 is 1.35 bits per heavy atom. The molecule has 0 radical (unpaired) electrons. The highest BCUT2D eigenvalue weighted by Crippen LogP contribution is 2.33. The molecule has 2 aromatic rings. The Hall–Kier alpha value is -2.60. The third-order valence-electron chi connectivity index (χ3n) is 3.67. The molecule has 1 atom stereocenters. The van der Waals surface area contributed by atoms with Crippen molar-refractivity contribution < 1.29 is 23.8 Å². The van der Waals surface area contributed by atoms with Crippen LogP contribution < -0.4 is 0 Å². The van der Waals surface area contributed by atoms with E-state index in [0.717, 1.165) is 11.8 Å². The number of carbonyl (C=O) groups is 2. The number of nitrogens with zero attached hydrogens (tertiary/aromatic N) is 1. The maximum atomic E-state index is 13.8. The molecule has 5 nitrogen and oxygen atoms in total. The van der Waals surface area contributed by atoms with Crippen LogP contribution in [0, 0.1) is 5.95 Å². The molecular weight excluding hydrogens is 301 g/mol. The number of rotatable bonds is 7. The molecule has 1 N–H and O–H groups in total. The van der Waals surface area contributed by atoms with E-state index in [9.17, 15) is 19.1 Å². The number of aldehydes is 1. The Morgan fingerprint density at radius 2 is 2.04 bits per heavy atom. The second-order valence-corrected chi connectivity index (χ2v) is 4.94. The standard InChI is InChI=1S/C17H16FNO4/c1-2-17(16(21)22,23-11-12-6-4-3-5-7-12)14-8-9-19-15(18)13(14)10-20/h3-10H,2,11H2,1H3,(H,21,22). The maximum Gasteiger partial charge on any atom is 0.340 e. The van der Waals surface area contributed by atoms with Crippen molar-refractivity contribution >= 4 is 12.3 Å². The topological polar surface area (TPSA) is 76.5 Å². The van der Waals surface area contributed by atoms with Gasteiger partial charge in [0.1, 0.15) is 0 Å². The summed E-state index contributed by atoms with van der Waals surface area (Å²) in [5.41, 5.74) is -1.49. The van der Waals surface area contributed by atoms with Crippen LogP contribution in [0.3, 0.4) is 0 Å². The van der Waals surface area contributed by atoms with E-state index in [4.69, 9.17) is 4.74 Å². The number of aliphatic carboxylic acids is 1. The number of carbonyl (C=O) groups excluding carboxylic acids is 1. The van der Waals surface area contributed by atoms with E-state index >= 15 is 0 Å². The van der Waals surface area contributed by atoms with Gasteiger partial charge in [0.05, 0.1) is 12.2 Å². The summed E-state index contributed by atoms with van der Waals surface area (Å²) in [6, 6.07) is 10.3. The minimum Gasteiger partial charge on any atom is -0.479 e. The summed E-state index contributed by atoms with van der Waals surface area (Å²) in [4.78, 5) is 26.4. The Labute approximate surface area is 132 Å². The van der Waals surface area contributed by atoms with Crippen molar-refractivity contribution in [3.8, 4) is 0 Å². The Kier molecular flexibility index (Phi) is 5.18. The van der Waals surface area contributed by atoms with Gasteiger partial charge in [0, 0.05) is 11.8 Å². The molecule has 23 heavy (non-hydrogen) atoms. The normalized spacial score (nSPS) is 13.3. The average molecular weight is 317 g/mol. The molecule has 0 aliphatic heterocycles. The fourth-order valence-corrected chi connectivity index (χ4v) is 2.39. The molecule has 1 heterocycles. The molecule has 0 aliphatic carbocycles. The summed E-state index contributed by atoms with van der Waals surface area (Å²) < 4.78 is 19.4. The third kappa shape index (κ3) is 3.27. The predicted molar refractivity (Wildman–Crippen MR) is 80.4 cm³/mol. The van der Waals surface area contributed by atoms with Crippen molar-refractivity contribution in [2.45, 2.75) is 25.6 Å². The zero-order chi connectivity index (χ0) is 16.9. The lowest BCUT2D eigenvalue weighted by molar-refractivity contribution is -0.170. The maximum absolute atomic E-state index is 13.8. The van der Waals surface area contributed by atoms with Gasteiger partial charge in [-0.05, 0) is 18.1 Å². The molecule has 0 saturated carbocycles. The summed E-state index contributed by atoms with van der Waals surface area (Å²) in [6.07, 6.45) is 1.41. The van der Waals surface area contributed by atoms with Crippen LogP contribution in [0.2, 0.25) is 0 Å². The fourth-order valence-electron chi connectivity index (χ4n) is 2.39. The van der Waals surface area contributed by atoms with Gasteiger partial charge in [-0.2, -0.15) is 4.39 Å². The van der Waals surface area contributed by atoms with Gasteiger partial charge in [-0.15, -0.1) is 0 Å². The number of halogens is 1. The molecule has 2 rings (SSSR count). The number of aromatic nitrogens is 1. The predicted octanol–water partition coefficient (Wildman–Crippen LogP) is 2.94. The Balaban J connectivity index is 2.46. The smallest absolute Gasteiger partial charge is 0.340 e. The van der Waals surface area contributed by atoms with Gasteiger partial charge in [0.15, 0.2) is 11.9 Å². The van der Waals surface area contributed by atoms with Gasteiger partial charge in [-0.1, -0.05) is 37.3 Å². The first-order valence-electron chi connectivity index (χ1n) is 7.06. The molecule has 0 amide bonds. The van der Waals surface area contributed by atoms with Crippen molar-refractivity contribution in [2.24, 2.45) is 0 Å². The second kappa shape index (κ2) is 7.11. The van der Waals surface area contributed by atoms with E-state index < -0.39 is 23.1 Å². The minimum absolute atomic E-state index is 0.0171. The zero-order valence-corrected chi connectivity index (χ0v) is 12.5. The van der Waals surface area contributed by atoms with E-state index in [0.29, 0.717) is 0 Å². The summed E-state index contributed by atoms with van der Waals surface area (Å²) in [5.74, 6) is -2.30. The number of pyridine rings is 1. The highest BCUT2D eigenvalue weighted by molar-refractivity contribution is 5.86. The van der Waals surface area contributed by atoms with Crippen LogP contribution in [-0.2, 0) is 21.7 Å². The third-order valence-corrected chi connectivity index (χ3v) is 3.67. The molecule has 0 spiro atoms. The largest absolute Gasteiger partial charge is 0.479 e. The second-order valence-electron chi connectivity index (χ2n) is 4.94. The molecular formula is C17H16FNO4. The number of hydrogen-bond donors (Lipinski definition) is 1. The van der Waals surface area contributed by atoms with Gasteiger partial charge in [-0.3, -0.25) is 4.79 Å². The summed E-state index contributed by atoms with van der Waals surface area (Å²) >= 11 is 0. The lowest BCUT2D eigenvalue weighted by Gasteiger charge is -2.30. The van der Waals surface area contributed by atoms with Crippen molar-refractivity contribution in [2.75, 3.05) is 0 Å². The summed E-state index contributed by atoms with van der Waals surface area (Å²) in [7, 11) is 0. The number of carboxylic acid groups (broad SMARTS) is 1. The molecule has 6 heteroatoms. The first kappa shape index (κ1) is 16.8. The summed E-state index contributed by atoms with van der Waals surface area (Å²) in [6.45, 7) is 1.62. The van der Waals surface area contributed by atoms with Crippen LogP contribution in [-0.4, -0.2) is 22.3 Å². The molecule has 0 saturated heterocycles. The lowest BCUT2D eigenvalue weighted by Crippen LogP contribution is -2.39. The van der Waals surface area contributed by atoms with Gasteiger partial charge in [0.25, 0.3) is 0 Å². The average Bonchev–Trinajstić information content (AvgIpc) is 2.56. The Bertz CT molecular complexity index is 705. The SMILES string of the molecule is CCC(OCc1ccccc1)(C(=O)O)c1ccnc(F)c1C=O. The van der Waals surface area contributed by atoms with Gasteiger partial charge in [0.2, 0.25) is 5.95 Å². The summed E-state index contributed by atoms with van der Waals surface area (Å²) in [5, 5.41) is 9.68. The number of hydrogen-bond acceptors (Lipinski definition) is 4. The van der Waals surface area contributed by atoms with E-state index in [1.54, 1.807) is 31.2 Å². The fraction of sp³-hybridized carbons (Fsp3) is 0.235. The first-order chi connectivity index (χ1) is 11.0. The molecule has 0 aliphatic rings. The minimum atomic E-state index is -1.82. The molecule has 120 valence electrons. The van der Waals surface area contributed by atoms with Crippen molar-refractivity contribution in [1.82, 2.24) is 4.98 Å².